The molecule has 0 spiro atoms. The van der Waals surface area contributed by atoms with Crippen LogP contribution >= 0.6 is 0 Å². The number of nitrogens with one attached hydrogen (secondary N) is 1. The Morgan fingerprint density at radius 2 is 2.00 bits per heavy atom. The van der Waals surface area contributed by atoms with Crippen LogP contribution < -0.4 is 11.1 Å². The van der Waals surface area contributed by atoms with Crippen molar-refractivity contribution in [2.75, 3.05) is 26.2 Å². The van der Waals surface area contributed by atoms with Crippen LogP contribution in [0.3, 0.4) is 0 Å². The summed E-state index contributed by atoms with van der Waals surface area (Å²) in [6.07, 6.45) is 0. The van der Waals surface area contributed by atoms with Crippen molar-refractivity contribution in [3.05, 3.63) is 12.2 Å². The second-order valence-electron chi connectivity index (χ2n) is 3.66. The summed E-state index contributed by atoms with van der Waals surface area (Å²) < 4.78 is 0. The van der Waals surface area contributed by atoms with Gasteiger partial charge in [0.1, 0.15) is 6.04 Å². The van der Waals surface area contributed by atoms with E-state index in [2.05, 4.69) is 30.6 Å². The van der Waals surface area contributed by atoms with E-state index in [0.29, 0.717) is 0 Å². The first-order chi connectivity index (χ1) is 7.02. The molecule has 1 amide bonds. The molecule has 4 nitrogen and oxygen atoms in total. The minimum atomic E-state index is -0.402. The monoisotopic (exact) mass is 213 g/mol. The van der Waals surface area contributed by atoms with Crippen molar-refractivity contribution >= 4 is 5.91 Å². The van der Waals surface area contributed by atoms with E-state index >= 15 is 0 Å². The second kappa shape index (κ2) is 7.43. The molecule has 4 heteroatoms. The number of nitrogens with zero attached hydrogens (tertiary/aromatic N) is 1. The molecule has 0 saturated heterocycles. The number of likely N-dealkylation sites (N-methyl/N-ethyl adjacent to an activating group) is 1. The van der Waals surface area contributed by atoms with Gasteiger partial charge in [-0.25, -0.2) is 0 Å². The number of primary amides is 1. The van der Waals surface area contributed by atoms with Gasteiger partial charge in [-0.15, -0.1) is 0 Å². The Hall–Kier alpha value is -0.870. The summed E-state index contributed by atoms with van der Waals surface area (Å²) in [4.78, 5) is 13.3. The average Bonchev–Trinajstić information content (AvgIpc) is 2.17. The molecule has 1 atom stereocenters. The Morgan fingerprint density at radius 1 is 1.47 bits per heavy atom. The third kappa shape index (κ3) is 5.54. The number of hydrogen-bond acceptors (Lipinski definition) is 3. The summed E-state index contributed by atoms with van der Waals surface area (Å²) in [5, 5.41) is 3.10. The maximum Gasteiger partial charge on any atom is 0.238 e. The van der Waals surface area contributed by atoms with Crippen LogP contribution in [0.5, 0.6) is 0 Å². The first-order valence-electron chi connectivity index (χ1n) is 5.43. The third-order valence-corrected chi connectivity index (χ3v) is 2.45. The average molecular weight is 213 g/mol. The predicted octanol–water partition coefficient (Wildman–Crippen LogP) is 0.348. The standard InChI is InChI=1S/C11H23N3O/c1-5-14(6-2)8-7-13-10(9(3)4)11(12)15/h10,13H,3,5-8H2,1-2,4H3,(H2,12,15). The fourth-order valence-corrected chi connectivity index (χ4v) is 1.42. The lowest BCUT2D eigenvalue weighted by atomic mass is 10.1. The van der Waals surface area contributed by atoms with E-state index in [4.69, 9.17) is 5.73 Å². The van der Waals surface area contributed by atoms with Gasteiger partial charge in [-0.2, -0.15) is 0 Å². The number of nitrogens with two attached hydrogens (primary N) is 1. The van der Waals surface area contributed by atoms with Crippen LogP contribution in [0, 0.1) is 0 Å². The summed E-state index contributed by atoms with van der Waals surface area (Å²) in [7, 11) is 0. The first-order valence-corrected chi connectivity index (χ1v) is 5.43. The minimum absolute atomic E-state index is 0.359. The van der Waals surface area contributed by atoms with Crippen molar-refractivity contribution in [1.82, 2.24) is 10.2 Å². The Labute approximate surface area is 92.5 Å². The molecule has 0 saturated carbocycles. The van der Waals surface area contributed by atoms with Crippen LogP contribution in [0.15, 0.2) is 12.2 Å². The van der Waals surface area contributed by atoms with Crippen molar-refractivity contribution in [1.29, 1.82) is 0 Å². The van der Waals surface area contributed by atoms with Crippen LogP contribution in [0.2, 0.25) is 0 Å². The molecule has 0 rings (SSSR count). The van der Waals surface area contributed by atoms with Gasteiger partial charge in [0.15, 0.2) is 0 Å². The van der Waals surface area contributed by atoms with Crippen LogP contribution in [0.4, 0.5) is 0 Å². The fraction of sp³-hybridized carbons (Fsp3) is 0.727. The maximum absolute atomic E-state index is 11.0. The van der Waals surface area contributed by atoms with Crippen LogP contribution in [-0.4, -0.2) is 43.0 Å². The minimum Gasteiger partial charge on any atom is -0.368 e. The van der Waals surface area contributed by atoms with Crippen LogP contribution in [0.25, 0.3) is 0 Å². The summed E-state index contributed by atoms with van der Waals surface area (Å²) >= 11 is 0. The molecule has 3 N–H and O–H groups in total. The molecule has 0 aliphatic carbocycles. The van der Waals surface area contributed by atoms with Gasteiger partial charge in [0.05, 0.1) is 0 Å². The summed E-state index contributed by atoms with van der Waals surface area (Å²) in [5.41, 5.74) is 6.01. The zero-order chi connectivity index (χ0) is 11.8. The highest BCUT2D eigenvalue weighted by atomic mass is 16.1. The molecule has 0 aromatic carbocycles. The predicted molar refractivity (Wildman–Crippen MR) is 63.6 cm³/mol. The summed E-state index contributed by atoms with van der Waals surface area (Å²) in [6.45, 7) is 13.5. The lowest BCUT2D eigenvalue weighted by molar-refractivity contribution is -0.119. The molecular formula is C11H23N3O. The van der Waals surface area contributed by atoms with E-state index in [1.54, 1.807) is 6.92 Å². The van der Waals surface area contributed by atoms with Gasteiger partial charge in [-0.3, -0.25) is 4.79 Å². The molecule has 0 fully saturated rings. The van der Waals surface area contributed by atoms with Crippen molar-refractivity contribution in [3.63, 3.8) is 0 Å². The first kappa shape index (κ1) is 14.1. The molecule has 0 aliphatic heterocycles. The lowest BCUT2D eigenvalue weighted by Gasteiger charge is -2.20. The zero-order valence-corrected chi connectivity index (χ0v) is 10.0. The van der Waals surface area contributed by atoms with E-state index in [1.165, 1.54) is 0 Å². The molecule has 15 heavy (non-hydrogen) atoms. The van der Waals surface area contributed by atoms with Gasteiger partial charge in [0.25, 0.3) is 0 Å². The Kier molecular flexibility index (Phi) is 6.99. The van der Waals surface area contributed by atoms with Gasteiger partial charge in [0, 0.05) is 13.1 Å². The van der Waals surface area contributed by atoms with E-state index in [0.717, 1.165) is 31.8 Å². The SMILES string of the molecule is C=C(C)C(NCCN(CC)CC)C(N)=O. The highest BCUT2D eigenvalue weighted by Crippen LogP contribution is 1.96. The second-order valence-corrected chi connectivity index (χ2v) is 3.66. The smallest absolute Gasteiger partial charge is 0.238 e. The van der Waals surface area contributed by atoms with E-state index in [-0.39, 0.29) is 5.91 Å². The Bertz CT molecular complexity index is 198. The molecular weight excluding hydrogens is 190 g/mol. The van der Waals surface area contributed by atoms with Crippen LogP contribution in [0.1, 0.15) is 20.8 Å². The number of hydrogen-bond donors (Lipinski definition) is 2. The van der Waals surface area contributed by atoms with E-state index in [1.807, 2.05) is 0 Å². The normalized spacial score (nSPS) is 12.8. The fourth-order valence-electron chi connectivity index (χ4n) is 1.42. The van der Waals surface area contributed by atoms with Gasteiger partial charge in [-0.1, -0.05) is 26.0 Å². The number of amides is 1. The van der Waals surface area contributed by atoms with Gasteiger partial charge in [0.2, 0.25) is 5.91 Å². The summed E-state index contributed by atoms with van der Waals surface area (Å²) in [6, 6.07) is -0.402. The number of carbonyl (C=O) groups excluding carboxylic acids is 1. The highest BCUT2D eigenvalue weighted by Gasteiger charge is 2.14. The Balaban J connectivity index is 3.91. The van der Waals surface area contributed by atoms with Crippen molar-refractivity contribution in [2.45, 2.75) is 26.8 Å². The lowest BCUT2D eigenvalue weighted by Crippen LogP contribution is -2.45. The van der Waals surface area contributed by atoms with E-state index < -0.39 is 6.04 Å². The summed E-state index contributed by atoms with van der Waals surface area (Å²) in [5.74, 6) is -0.359. The van der Waals surface area contributed by atoms with Crippen LogP contribution in [-0.2, 0) is 4.79 Å². The third-order valence-electron chi connectivity index (χ3n) is 2.45. The highest BCUT2D eigenvalue weighted by molar-refractivity contribution is 5.82. The van der Waals surface area contributed by atoms with Crippen molar-refractivity contribution < 1.29 is 4.79 Å². The Morgan fingerprint density at radius 3 is 2.33 bits per heavy atom. The van der Waals surface area contributed by atoms with Crippen molar-refractivity contribution in [2.24, 2.45) is 5.73 Å². The topological polar surface area (TPSA) is 58.4 Å². The van der Waals surface area contributed by atoms with Gasteiger partial charge >= 0.3 is 0 Å². The molecule has 0 aromatic heterocycles. The van der Waals surface area contributed by atoms with Gasteiger partial charge < -0.3 is 16.0 Å². The maximum atomic E-state index is 11.0. The number of rotatable bonds is 8. The molecule has 1 unspecified atom stereocenters. The molecule has 0 bridgehead atoms. The molecule has 0 radical (unpaired) electrons. The molecule has 0 aromatic rings. The van der Waals surface area contributed by atoms with E-state index in [9.17, 15) is 4.79 Å². The molecule has 0 heterocycles. The number of carbonyl (C=O) groups is 1. The van der Waals surface area contributed by atoms with Gasteiger partial charge in [-0.05, 0) is 20.0 Å². The largest absolute Gasteiger partial charge is 0.368 e. The molecule has 88 valence electrons. The zero-order valence-electron chi connectivity index (χ0n) is 10.0. The van der Waals surface area contributed by atoms with Crippen molar-refractivity contribution in [3.8, 4) is 0 Å². The quantitative estimate of drug-likeness (QED) is 0.572. The molecule has 0 aliphatic rings.